The Balaban J connectivity index is 0.00000192. The maximum atomic E-state index is 13.3. The smallest absolute Gasteiger partial charge is 0.226 e. The summed E-state index contributed by atoms with van der Waals surface area (Å²) >= 11 is 0. The minimum absolute atomic E-state index is 0. The molecule has 1 saturated heterocycles. The van der Waals surface area contributed by atoms with Gasteiger partial charge < -0.3 is 10.6 Å². The second-order valence-electron chi connectivity index (χ2n) is 6.69. The van der Waals surface area contributed by atoms with Crippen molar-refractivity contribution in [3.05, 3.63) is 35.6 Å². The first-order valence-corrected chi connectivity index (χ1v) is 8.44. The monoisotopic (exact) mass is 340 g/mol. The number of nitrogens with two attached hydrogens (primary N) is 1. The molecule has 1 aromatic rings. The van der Waals surface area contributed by atoms with Crippen LogP contribution in [0.25, 0.3) is 0 Å². The Hall–Kier alpha value is -1.13. The third-order valence-electron chi connectivity index (χ3n) is 5.30. The van der Waals surface area contributed by atoms with Gasteiger partial charge in [-0.15, -0.1) is 12.4 Å². The van der Waals surface area contributed by atoms with Gasteiger partial charge in [0, 0.05) is 18.5 Å². The first-order valence-electron chi connectivity index (χ1n) is 8.44. The fraction of sp³-hybridized carbons (Fsp3) is 0.611. The van der Waals surface area contributed by atoms with E-state index in [-0.39, 0.29) is 36.1 Å². The van der Waals surface area contributed by atoms with Crippen molar-refractivity contribution in [3.63, 3.8) is 0 Å². The van der Waals surface area contributed by atoms with Crippen LogP contribution in [0.4, 0.5) is 4.39 Å². The van der Waals surface area contributed by atoms with E-state index < -0.39 is 0 Å². The first kappa shape index (κ1) is 18.2. The van der Waals surface area contributed by atoms with Crippen molar-refractivity contribution in [1.29, 1.82) is 0 Å². The van der Waals surface area contributed by atoms with Crippen LogP contribution in [0.5, 0.6) is 0 Å². The van der Waals surface area contributed by atoms with Crippen LogP contribution < -0.4 is 5.73 Å². The highest BCUT2D eigenvalue weighted by Crippen LogP contribution is 2.34. The lowest BCUT2D eigenvalue weighted by Gasteiger charge is -2.29. The molecule has 0 radical (unpaired) electrons. The van der Waals surface area contributed by atoms with Gasteiger partial charge in [-0.1, -0.05) is 18.6 Å². The van der Waals surface area contributed by atoms with E-state index in [0.29, 0.717) is 12.5 Å². The number of halogens is 2. The minimum atomic E-state index is -0.202. The Morgan fingerprint density at radius 3 is 2.83 bits per heavy atom. The van der Waals surface area contributed by atoms with Gasteiger partial charge in [0.1, 0.15) is 5.82 Å². The van der Waals surface area contributed by atoms with Gasteiger partial charge in [0.25, 0.3) is 0 Å². The number of carbonyl (C=O) groups excluding carboxylic acids is 1. The molecule has 128 valence electrons. The number of amides is 1. The molecule has 1 aromatic carbocycles. The lowest BCUT2D eigenvalue weighted by atomic mass is 9.94. The van der Waals surface area contributed by atoms with Crippen LogP contribution in [0, 0.1) is 17.7 Å². The van der Waals surface area contributed by atoms with Gasteiger partial charge in [0.15, 0.2) is 0 Å². The van der Waals surface area contributed by atoms with E-state index in [2.05, 4.69) is 0 Å². The van der Waals surface area contributed by atoms with Crippen LogP contribution in [0.3, 0.4) is 0 Å². The van der Waals surface area contributed by atoms with Gasteiger partial charge in [-0.2, -0.15) is 0 Å². The number of benzene rings is 1. The van der Waals surface area contributed by atoms with Gasteiger partial charge in [-0.3, -0.25) is 4.79 Å². The van der Waals surface area contributed by atoms with Gasteiger partial charge in [-0.25, -0.2) is 4.39 Å². The molecule has 2 aliphatic rings. The molecular weight excluding hydrogens is 315 g/mol. The van der Waals surface area contributed by atoms with Crippen LogP contribution in [-0.2, 0) is 11.2 Å². The fourth-order valence-corrected chi connectivity index (χ4v) is 4.13. The number of nitrogens with zero attached hydrogens (tertiary/aromatic N) is 1. The van der Waals surface area contributed by atoms with Crippen molar-refractivity contribution in [2.45, 2.75) is 44.6 Å². The molecule has 1 aliphatic heterocycles. The summed E-state index contributed by atoms with van der Waals surface area (Å²) in [6.07, 6.45) is 5.98. The zero-order valence-electron chi connectivity index (χ0n) is 13.4. The van der Waals surface area contributed by atoms with Gasteiger partial charge in [0.2, 0.25) is 5.91 Å². The largest absolute Gasteiger partial charge is 0.339 e. The molecule has 5 heteroatoms. The van der Waals surface area contributed by atoms with Crippen molar-refractivity contribution in [1.82, 2.24) is 4.90 Å². The van der Waals surface area contributed by atoms with Crippen LogP contribution >= 0.6 is 12.4 Å². The van der Waals surface area contributed by atoms with E-state index in [4.69, 9.17) is 5.73 Å². The Kier molecular flexibility index (Phi) is 6.42. The molecule has 3 nitrogen and oxygen atoms in total. The maximum Gasteiger partial charge on any atom is 0.226 e. The van der Waals surface area contributed by atoms with Crippen LogP contribution in [-0.4, -0.2) is 29.9 Å². The molecule has 2 N–H and O–H groups in total. The van der Waals surface area contributed by atoms with E-state index in [0.717, 1.165) is 50.6 Å². The average Bonchev–Trinajstić information content (AvgIpc) is 3.15. The average molecular weight is 341 g/mol. The third-order valence-corrected chi connectivity index (χ3v) is 5.30. The molecule has 1 saturated carbocycles. The molecule has 23 heavy (non-hydrogen) atoms. The van der Waals surface area contributed by atoms with Crippen LogP contribution in [0.1, 0.15) is 37.7 Å². The Morgan fingerprint density at radius 2 is 2.09 bits per heavy atom. The highest BCUT2D eigenvalue weighted by molar-refractivity contribution is 5.85. The van der Waals surface area contributed by atoms with Crippen molar-refractivity contribution in [2.75, 3.05) is 13.1 Å². The molecular formula is C18H26ClFN2O. The summed E-state index contributed by atoms with van der Waals surface area (Å²) < 4.78 is 13.3. The summed E-state index contributed by atoms with van der Waals surface area (Å²) in [6, 6.07) is 6.95. The standard InChI is InChI=1S/C18H25FN2O.ClH/c19-15-6-1-4-13(10-15)11-16-7-3-9-21(16)18(22)17-8-2-5-14(17)12-20;/h1,4,6,10,14,16-17H,2-3,5,7-9,11-12,20H2;1H/t14-,16?,17-;/m1./s1. The molecule has 0 bridgehead atoms. The van der Waals surface area contributed by atoms with E-state index in [1.165, 1.54) is 6.07 Å². The predicted octanol–water partition coefficient (Wildman–Crippen LogP) is 3.16. The summed E-state index contributed by atoms with van der Waals surface area (Å²) in [6.45, 7) is 1.45. The lowest BCUT2D eigenvalue weighted by molar-refractivity contribution is -0.137. The van der Waals surface area contributed by atoms with Crippen molar-refractivity contribution < 1.29 is 9.18 Å². The second-order valence-corrected chi connectivity index (χ2v) is 6.69. The normalized spacial score (nSPS) is 27.0. The van der Waals surface area contributed by atoms with Gasteiger partial charge in [-0.05, 0) is 62.3 Å². The predicted molar refractivity (Wildman–Crippen MR) is 92.0 cm³/mol. The highest BCUT2D eigenvalue weighted by atomic mass is 35.5. The summed E-state index contributed by atoms with van der Waals surface area (Å²) in [7, 11) is 0. The quantitative estimate of drug-likeness (QED) is 0.915. The third kappa shape index (κ3) is 4.04. The van der Waals surface area contributed by atoms with Crippen LogP contribution in [0.2, 0.25) is 0 Å². The Labute approximate surface area is 143 Å². The Bertz CT molecular complexity index is 540. The van der Waals surface area contributed by atoms with Crippen molar-refractivity contribution in [2.24, 2.45) is 17.6 Å². The SMILES string of the molecule is Cl.NC[C@H]1CCC[C@H]1C(=O)N1CCCC1Cc1cccc(F)c1. The summed E-state index contributed by atoms with van der Waals surface area (Å²) in [4.78, 5) is 14.9. The Morgan fingerprint density at radius 1 is 1.26 bits per heavy atom. The molecule has 1 unspecified atom stereocenters. The molecule has 3 atom stereocenters. The first-order chi connectivity index (χ1) is 10.7. The molecule has 2 fully saturated rings. The zero-order chi connectivity index (χ0) is 15.5. The van der Waals surface area contributed by atoms with E-state index in [1.807, 2.05) is 11.0 Å². The highest BCUT2D eigenvalue weighted by Gasteiger charge is 2.38. The summed E-state index contributed by atoms with van der Waals surface area (Å²) in [5, 5.41) is 0. The zero-order valence-corrected chi connectivity index (χ0v) is 14.2. The topological polar surface area (TPSA) is 46.3 Å². The summed E-state index contributed by atoms with van der Waals surface area (Å²) in [5.74, 6) is 0.542. The van der Waals surface area contributed by atoms with Crippen LogP contribution in [0.15, 0.2) is 24.3 Å². The van der Waals surface area contributed by atoms with Crippen molar-refractivity contribution in [3.8, 4) is 0 Å². The van der Waals surface area contributed by atoms with E-state index in [1.54, 1.807) is 12.1 Å². The number of likely N-dealkylation sites (tertiary alicyclic amines) is 1. The number of rotatable bonds is 4. The van der Waals surface area contributed by atoms with Gasteiger partial charge in [0.05, 0.1) is 0 Å². The second kappa shape index (κ2) is 8.11. The molecule has 3 rings (SSSR count). The molecule has 1 aliphatic carbocycles. The minimum Gasteiger partial charge on any atom is -0.339 e. The molecule has 0 spiro atoms. The molecule has 1 heterocycles. The summed E-state index contributed by atoms with van der Waals surface area (Å²) in [5.41, 5.74) is 6.80. The van der Waals surface area contributed by atoms with E-state index >= 15 is 0 Å². The maximum absolute atomic E-state index is 13.3. The van der Waals surface area contributed by atoms with Crippen molar-refractivity contribution >= 4 is 18.3 Å². The van der Waals surface area contributed by atoms with E-state index in [9.17, 15) is 9.18 Å². The fourth-order valence-electron chi connectivity index (χ4n) is 4.13. The van der Waals surface area contributed by atoms with Gasteiger partial charge >= 0.3 is 0 Å². The number of hydrogen-bond donors (Lipinski definition) is 1. The molecule has 1 amide bonds. The number of carbonyl (C=O) groups is 1. The molecule has 0 aromatic heterocycles. The number of hydrogen-bond acceptors (Lipinski definition) is 2. The lowest BCUT2D eigenvalue weighted by Crippen LogP contribution is -2.42.